The maximum Gasteiger partial charge on any atom is 0.328 e. The van der Waals surface area contributed by atoms with Gasteiger partial charge in [0.25, 0.3) is 0 Å². The van der Waals surface area contributed by atoms with Gasteiger partial charge in [0, 0.05) is 11.6 Å². The van der Waals surface area contributed by atoms with Crippen LogP contribution in [-0.2, 0) is 0 Å². The van der Waals surface area contributed by atoms with Gasteiger partial charge in [0.1, 0.15) is 23.5 Å². The minimum absolute atomic E-state index is 0.0159. The summed E-state index contributed by atoms with van der Waals surface area (Å²) in [5.41, 5.74) is 1.94. The molecule has 0 radical (unpaired) electrons. The summed E-state index contributed by atoms with van der Waals surface area (Å²) in [6.45, 7) is 0. The summed E-state index contributed by atoms with van der Waals surface area (Å²) in [6.07, 6.45) is 2.34. The SMILES string of the molecule is N#Cc1ccc2ncn(-c3ncc4[nH]c(=O)n([C@@H]5CC[C@@H](O)c6c(F)cc(F)cc65)c4n3)c2c1. The molecule has 34 heavy (non-hydrogen) atoms. The van der Waals surface area contributed by atoms with Crippen molar-refractivity contribution >= 4 is 22.2 Å². The average molecular weight is 459 g/mol. The van der Waals surface area contributed by atoms with E-state index in [-0.39, 0.29) is 35.6 Å². The van der Waals surface area contributed by atoms with Crippen LogP contribution in [0.15, 0.2) is 47.7 Å². The number of nitriles is 1. The van der Waals surface area contributed by atoms with Gasteiger partial charge in [-0.3, -0.25) is 9.13 Å². The number of aromatic nitrogens is 6. The van der Waals surface area contributed by atoms with E-state index in [0.29, 0.717) is 22.1 Å². The first kappa shape index (κ1) is 20.2. The second-order valence-electron chi connectivity index (χ2n) is 8.14. The van der Waals surface area contributed by atoms with Crippen LogP contribution in [0, 0.1) is 23.0 Å². The van der Waals surface area contributed by atoms with Crippen LogP contribution < -0.4 is 5.69 Å². The summed E-state index contributed by atoms with van der Waals surface area (Å²) in [5.74, 6) is -1.44. The van der Waals surface area contributed by atoms with E-state index in [1.165, 1.54) is 17.1 Å². The number of rotatable bonds is 2. The monoisotopic (exact) mass is 459 g/mol. The second kappa shape index (κ2) is 7.29. The minimum Gasteiger partial charge on any atom is -0.388 e. The maximum atomic E-state index is 14.5. The standard InChI is InChI=1S/C23H15F2N7O2/c24-12-6-13-17(3-4-19(33)20(13)14(25)7-12)32-21-16(29-23(32)34)9-27-22(30-21)31-10-28-15-2-1-11(8-26)5-18(15)31/h1-2,5-7,9-10,17,19,33H,3-4H2,(H,29,34)/t17-,19-/m1/s1. The van der Waals surface area contributed by atoms with Crippen LogP contribution in [0.25, 0.3) is 28.1 Å². The Morgan fingerprint density at radius 2 is 2.03 bits per heavy atom. The number of hydrogen-bond acceptors (Lipinski definition) is 6. The molecule has 2 aromatic carbocycles. The van der Waals surface area contributed by atoms with E-state index in [0.717, 1.165) is 12.1 Å². The Morgan fingerprint density at radius 3 is 2.85 bits per heavy atom. The molecule has 2 atom stereocenters. The number of halogens is 2. The molecule has 0 bridgehead atoms. The summed E-state index contributed by atoms with van der Waals surface area (Å²) >= 11 is 0. The molecule has 2 N–H and O–H groups in total. The summed E-state index contributed by atoms with van der Waals surface area (Å²) in [4.78, 5) is 28.8. The van der Waals surface area contributed by atoms with E-state index in [1.54, 1.807) is 22.8 Å². The van der Waals surface area contributed by atoms with Gasteiger partial charge in [-0.1, -0.05) is 0 Å². The van der Waals surface area contributed by atoms with Gasteiger partial charge in [-0.15, -0.1) is 0 Å². The number of benzene rings is 2. The molecular formula is C23H15F2N7O2. The van der Waals surface area contributed by atoms with Crippen molar-refractivity contribution < 1.29 is 13.9 Å². The summed E-state index contributed by atoms with van der Waals surface area (Å²) < 4.78 is 31.5. The number of hydrogen-bond donors (Lipinski definition) is 2. The van der Waals surface area contributed by atoms with Crippen molar-refractivity contribution in [1.82, 2.24) is 29.1 Å². The van der Waals surface area contributed by atoms with E-state index < -0.39 is 29.5 Å². The molecule has 9 nitrogen and oxygen atoms in total. The topological polar surface area (TPSA) is 125 Å². The van der Waals surface area contributed by atoms with Gasteiger partial charge in [-0.05, 0) is 42.7 Å². The average Bonchev–Trinajstić information content (AvgIpc) is 3.38. The maximum absolute atomic E-state index is 14.5. The Bertz CT molecular complexity index is 1710. The van der Waals surface area contributed by atoms with Gasteiger partial charge in [-0.2, -0.15) is 10.2 Å². The number of nitrogens with one attached hydrogen (secondary N) is 1. The molecule has 5 aromatic rings. The molecule has 3 heterocycles. The number of H-pyrrole nitrogens is 1. The highest BCUT2D eigenvalue weighted by Crippen LogP contribution is 2.40. The lowest BCUT2D eigenvalue weighted by Crippen LogP contribution is -2.28. The molecule has 1 aliphatic rings. The molecule has 0 saturated heterocycles. The van der Waals surface area contributed by atoms with Gasteiger partial charge in [0.15, 0.2) is 5.65 Å². The van der Waals surface area contributed by atoms with Gasteiger partial charge in [-0.25, -0.2) is 23.5 Å². The smallest absolute Gasteiger partial charge is 0.328 e. The van der Waals surface area contributed by atoms with Gasteiger partial charge >= 0.3 is 5.69 Å². The van der Waals surface area contributed by atoms with Crippen LogP contribution >= 0.6 is 0 Å². The van der Waals surface area contributed by atoms with E-state index >= 15 is 0 Å². The van der Waals surface area contributed by atoms with Crippen molar-refractivity contribution in [3.05, 3.63) is 81.7 Å². The van der Waals surface area contributed by atoms with Crippen LogP contribution in [0.3, 0.4) is 0 Å². The fraction of sp³-hybridized carbons (Fsp3) is 0.174. The van der Waals surface area contributed by atoms with Crippen molar-refractivity contribution in [2.24, 2.45) is 0 Å². The lowest BCUT2D eigenvalue weighted by Gasteiger charge is -2.29. The molecule has 0 unspecified atom stereocenters. The zero-order chi connectivity index (χ0) is 23.6. The predicted octanol–water partition coefficient (Wildman–Crippen LogP) is 3.02. The van der Waals surface area contributed by atoms with Crippen molar-refractivity contribution in [1.29, 1.82) is 5.26 Å². The molecule has 11 heteroatoms. The zero-order valence-corrected chi connectivity index (χ0v) is 17.4. The van der Waals surface area contributed by atoms with Crippen LogP contribution in [0.4, 0.5) is 8.78 Å². The van der Waals surface area contributed by atoms with Gasteiger partial charge in [0.05, 0.1) is 41.0 Å². The first-order valence-electron chi connectivity index (χ1n) is 10.5. The van der Waals surface area contributed by atoms with E-state index in [2.05, 4.69) is 26.0 Å². The molecule has 0 saturated carbocycles. The highest BCUT2D eigenvalue weighted by molar-refractivity contribution is 5.79. The lowest BCUT2D eigenvalue weighted by atomic mass is 9.85. The van der Waals surface area contributed by atoms with E-state index in [9.17, 15) is 23.9 Å². The lowest BCUT2D eigenvalue weighted by molar-refractivity contribution is 0.142. The quantitative estimate of drug-likeness (QED) is 0.418. The number of nitrogens with zero attached hydrogens (tertiary/aromatic N) is 6. The Labute approximate surface area is 189 Å². The fourth-order valence-electron chi connectivity index (χ4n) is 4.66. The van der Waals surface area contributed by atoms with Crippen LogP contribution in [0.2, 0.25) is 0 Å². The van der Waals surface area contributed by atoms with Crippen molar-refractivity contribution in [3.63, 3.8) is 0 Å². The van der Waals surface area contributed by atoms with Gasteiger partial charge < -0.3 is 10.1 Å². The molecule has 0 spiro atoms. The third kappa shape index (κ3) is 2.93. The first-order chi connectivity index (χ1) is 16.4. The van der Waals surface area contributed by atoms with Crippen LogP contribution in [-0.4, -0.2) is 34.2 Å². The molecule has 0 fully saturated rings. The number of fused-ring (bicyclic) bond motifs is 3. The number of imidazole rings is 2. The molecular weight excluding hydrogens is 444 g/mol. The van der Waals surface area contributed by atoms with E-state index in [1.807, 2.05) is 0 Å². The van der Waals surface area contributed by atoms with Crippen molar-refractivity contribution in [2.45, 2.75) is 25.0 Å². The third-order valence-corrected chi connectivity index (χ3v) is 6.18. The summed E-state index contributed by atoms with van der Waals surface area (Å²) in [6, 6.07) is 8.23. The number of aliphatic hydroxyl groups excluding tert-OH is 1. The Balaban J connectivity index is 1.56. The highest BCUT2D eigenvalue weighted by atomic mass is 19.1. The second-order valence-corrected chi connectivity index (χ2v) is 8.14. The third-order valence-electron chi connectivity index (χ3n) is 6.18. The molecule has 168 valence electrons. The molecule has 0 amide bonds. The van der Waals surface area contributed by atoms with Crippen LogP contribution in [0.1, 0.15) is 41.7 Å². The molecule has 3 aromatic heterocycles. The minimum atomic E-state index is -1.09. The van der Waals surface area contributed by atoms with Gasteiger partial charge in [0.2, 0.25) is 5.95 Å². The van der Waals surface area contributed by atoms with E-state index in [4.69, 9.17) is 0 Å². The molecule has 6 rings (SSSR count). The highest BCUT2D eigenvalue weighted by Gasteiger charge is 2.33. The summed E-state index contributed by atoms with van der Waals surface area (Å²) in [7, 11) is 0. The Kier molecular flexibility index (Phi) is 4.33. The van der Waals surface area contributed by atoms with Crippen LogP contribution in [0.5, 0.6) is 0 Å². The zero-order valence-electron chi connectivity index (χ0n) is 17.4. The predicted molar refractivity (Wildman–Crippen MR) is 116 cm³/mol. The fourth-order valence-corrected chi connectivity index (χ4v) is 4.66. The van der Waals surface area contributed by atoms with Crippen molar-refractivity contribution in [3.8, 4) is 12.0 Å². The molecule has 0 aliphatic heterocycles. The normalized spacial score (nSPS) is 17.7. The molecule has 1 aliphatic carbocycles. The van der Waals surface area contributed by atoms with Crippen molar-refractivity contribution in [2.75, 3.05) is 0 Å². The summed E-state index contributed by atoms with van der Waals surface area (Å²) in [5, 5.41) is 19.6. The number of aliphatic hydroxyl groups is 1. The first-order valence-corrected chi connectivity index (χ1v) is 10.5. The number of aromatic amines is 1. The largest absolute Gasteiger partial charge is 0.388 e. The Hall–Kier alpha value is -4.43. The Morgan fingerprint density at radius 1 is 1.18 bits per heavy atom.